The van der Waals surface area contributed by atoms with Crippen molar-refractivity contribution in [2.45, 2.75) is 12.7 Å². The van der Waals surface area contributed by atoms with Gasteiger partial charge in [0, 0.05) is 10.0 Å². The minimum Gasteiger partial charge on any atom is -0.506 e. The van der Waals surface area contributed by atoms with Gasteiger partial charge in [-0.2, -0.15) is 18.2 Å². The lowest BCUT2D eigenvalue weighted by molar-refractivity contribution is -0.144. The van der Waals surface area contributed by atoms with Crippen molar-refractivity contribution in [3.8, 4) is 17.0 Å². The molecule has 34 heavy (non-hydrogen) atoms. The van der Waals surface area contributed by atoms with E-state index in [0.29, 0.717) is 14.6 Å². The third-order valence-electron chi connectivity index (χ3n) is 4.89. The molecule has 0 unspecified atom stereocenters. The number of hydrogen-bond acceptors (Lipinski definition) is 5. The second-order valence-corrected chi connectivity index (χ2v) is 9.84. The van der Waals surface area contributed by atoms with Gasteiger partial charge in [0.15, 0.2) is 0 Å². The van der Waals surface area contributed by atoms with Gasteiger partial charge in [0.1, 0.15) is 11.4 Å². The van der Waals surface area contributed by atoms with E-state index in [4.69, 9.17) is 0 Å². The van der Waals surface area contributed by atoms with Crippen LogP contribution >= 0.6 is 43.2 Å². The molecule has 11 heteroatoms. The number of nitrogens with zero attached hydrogens (tertiary/aromatic N) is 2. The van der Waals surface area contributed by atoms with E-state index in [1.807, 2.05) is 0 Å². The Bertz CT molecular complexity index is 1440. The summed E-state index contributed by atoms with van der Waals surface area (Å²) >= 11 is 7.32. The Morgan fingerprint density at radius 1 is 1.09 bits per heavy atom. The van der Waals surface area contributed by atoms with Crippen molar-refractivity contribution < 1.29 is 23.1 Å². The van der Waals surface area contributed by atoms with Crippen LogP contribution in [0.4, 0.5) is 13.2 Å². The zero-order chi connectivity index (χ0) is 24.6. The van der Waals surface area contributed by atoms with Gasteiger partial charge in [0.2, 0.25) is 5.78 Å². The molecule has 0 saturated heterocycles. The van der Waals surface area contributed by atoms with Crippen LogP contribution in [0.15, 0.2) is 73.7 Å². The first-order chi connectivity index (χ1) is 16.1. The number of hydrogen-bond donors (Lipinski definition) is 1. The zero-order valence-corrected chi connectivity index (χ0v) is 20.9. The highest BCUT2D eigenvalue weighted by molar-refractivity contribution is 9.11. The highest BCUT2D eigenvalue weighted by Gasteiger charge is 2.42. The summed E-state index contributed by atoms with van der Waals surface area (Å²) in [5, 5.41) is 12.2. The maximum Gasteiger partial charge on any atom is 0.432 e. The lowest BCUT2D eigenvalue weighted by Crippen LogP contribution is -2.34. The normalized spacial score (nSPS) is 11.6. The number of thiophene rings is 1. The Hall–Kier alpha value is -2.76. The largest absolute Gasteiger partial charge is 0.506 e. The van der Waals surface area contributed by atoms with Gasteiger partial charge in [-0.3, -0.25) is 9.36 Å². The third-order valence-corrected chi connectivity index (χ3v) is 6.82. The van der Waals surface area contributed by atoms with Crippen molar-refractivity contribution in [2.24, 2.45) is 0 Å². The Morgan fingerprint density at radius 2 is 1.79 bits per heavy atom. The predicted octanol–water partition coefficient (Wildman–Crippen LogP) is 6.50. The second-order valence-electron chi connectivity index (χ2n) is 7.13. The number of phenols is 1. The van der Waals surface area contributed by atoms with Crippen LogP contribution in [0.1, 0.15) is 26.5 Å². The number of carbonyl (C=O) groups is 1. The van der Waals surface area contributed by atoms with Crippen LogP contribution < -0.4 is 5.69 Å². The van der Waals surface area contributed by atoms with E-state index < -0.39 is 46.9 Å². The lowest BCUT2D eigenvalue weighted by atomic mass is 9.98. The molecule has 2 heterocycles. The van der Waals surface area contributed by atoms with Crippen molar-refractivity contribution in [1.29, 1.82) is 0 Å². The van der Waals surface area contributed by atoms with Crippen LogP contribution in [-0.2, 0) is 12.7 Å². The van der Waals surface area contributed by atoms with Gasteiger partial charge < -0.3 is 5.11 Å². The van der Waals surface area contributed by atoms with Crippen molar-refractivity contribution in [1.82, 2.24) is 9.55 Å². The Balaban J connectivity index is 2.12. The van der Waals surface area contributed by atoms with Gasteiger partial charge in [-0.1, -0.05) is 52.3 Å². The van der Waals surface area contributed by atoms with E-state index in [-0.39, 0.29) is 14.9 Å². The molecule has 0 aliphatic carbocycles. The molecule has 0 fully saturated rings. The van der Waals surface area contributed by atoms with Gasteiger partial charge in [0.25, 0.3) is 0 Å². The molecule has 2 aromatic heterocycles. The summed E-state index contributed by atoms with van der Waals surface area (Å²) in [6.45, 7) is -0.444. The molecule has 0 atom stereocenters. The number of aromatic nitrogens is 2. The molecular formula is C23H13Br2F3N2O3S. The quantitative estimate of drug-likeness (QED) is 0.261. The summed E-state index contributed by atoms with van der Waals surface area (Å²) < 4.78 is 44.6. The number of ketones is 1. The van der Waals surface area contributed by atoms with E-state index in [1.54, 1.807) is 35.7 Å². The zero-order valence-electron chi connectivity index (χ0n) is 16.9. The number of aromatic hydroxyl groups is 1. The Kier molecular flexibility index (Phi) is 6.79. The molecule has 0 amide bonds. The molecule has 4 rings (SSSR count). The molecule has 174 valence electrons. The first-order valence-corrected chi connectivity index (χ1v) is 12.1. The van der Waals surface area contributed by atoms with Crippen LogP contribution in [0, 0.1) is 0 Å². The molecule has 0 spiro atoms. The summed E-state index contributed by atoms with van der Waals surface area (Å²) in [7, 11) is 0. The molecule has 0 radical (unpaired) electrons. The van der Waals surface area contributed by atoms with Crippen molar-refractivity contribution >= 4 is 49.0 Å². The molecule has 0 bridgehead atoms. The van der Waals surface area contributed by atoms with Gasteiger partial charge in [-0.05, 0) is 45.1 Å². The molecule has 1 N–H and O–H groups in total. The van der Waals surface area contributed by atoms with E-state index in [1.165, 1.54) is 24.3 Å². The number of rotatable bonds is 5. The SMILES string of the molecule is O=C(c1cccs1)c1c(-c2cc(Br)cc(Br)c2O)nc(=O)n(Cc2ccccc2)c1C(F)(F)F. The summed E-state index contributed by atoms with van der Waals surface area (Å²) in [4.78, 5) is 30.3. The smallest absolute Gasteiger partial charge is 0.432 e. The first kappa shape index (κ1) is 24.4. The number of carbonyl (C=O) groups excluding carboxylic acids is 1. The minimum atomic E-state index is -5.08. The number of phenolic OH excluding ortho intramolecular Hbond substituents is 1. The summed E-state index contributed by atoms with van der Waals surface area (Å²) in [6, 6.07) is 13.8. The van der Waals surface area contributed by atoms with Crippen LogP contribution in [0.5, 0.6) is 5.75 Å². The van der Waals surface area contributed by atoms with Crippen molar-refractivity contribution in [3.05, 3.63) is 101 Å². The second kappa shape index (κ2) is 9.47. The summed E-state index contributed by atoms with van der Waals surface area (Å²) in [5.41, 5.74) is -3.78. The minimum absolute atomic E-state index is 0.0343. The fraction of sp³-hybridized carbons (Fsp3) is 0.0870. The highest BCUT2D eigenvalue weighted by Crippen LogP contribution is 2.42. The summed E-state index contributed by atoms with van der Waals surface area (Å²) in [6.07, 6.45) is -5.08. The van der Waals surface area contributed by atoms with Crippen LogP contribution in [0.3, 0.4) is 0 Å². The molecule has 0 saturated carbocycles. The number of alkyl halides is 3. The highest BCUT2D eigenvalue weighted by atomic mass is 79.9. The Morgan fingerprint density at radius 3 is 2.41 bits per heavy atom. The fourth-order valence-electron chi connectivity index (χ4n) is 3.45. The first-order valence-electron chi connectivity index (χ1n) is 9.60. The van der Waals surface area contributed by atoms with Crippen LogP contribution in [0.2, 0.25) is 0 Å². The van der Waals surface area contributed by atoms with E-state index in [9.17, 15) is 27.9 Å². The number of benzene rings is 2. The van der Waals surface area contributed by atoms with Crippen molar-refractivity contribution in [2.75, 3.05) is 0 Å². The maximum absolute atomic E-state index is 14.5. The molecular weight excluding hydrogens is 601 g/mol. The number of halogens is 5. The molecule has 0 aliphatic rings. The third kappa shape index (κ3) is 4.73. The monoisotopic (exact) mass is 612 g/mol. The Labute approximate surface area is 211 Å². The van der Waals surface area contributed by atoms with Gasteiger partial charge >= 0.3 is 11.9 Å². The van der Waals surface area contributed by atoms with Crippen LogP contribution in [-0.4, -0.2) is 20.4 Å². The van der Waals surface area contributed by atoms with Crippen LogP contribution in [0.25, 0.3) is 11.3 Å². The molecule has 2 aromatic carbocycles. The molecule has 4 aromatic rings. The summed E-state index contributed by atoms with van der Waals surface area (Å²) in [5.74, 6) is -1.41. The molecule has 0 aliphatic heterocycles. The standard InChI is InChI=1S/C23H13Br2F3N2O3S/c24-13-9-14(19(31)15(25)10-13)18-17(20(32)16-7-4-8-34-16)21(23(26,27)28)30(22(33)29-18)11-12-5-2-1-3-6-12/h1-10,31H,11H2. The van der Waals surface area contributed by atoms with E-state index >= 15 is 0 Å². The average Bonchev–Trinajstić information content (AvgIpc) is 3.31. The predicted molar refractivity (Wildman–Crippen MR) is 129 cm³/mol. The maximum atomic E-state index is 14.5. The van der Waals surface area contributed by atoms with E-state index in [2.05, 4.69) is 36.8 Å². The average molecular weight is 614 g/mol. The fourth-order valence-corrected chi connectivity index (χ4v) is 5.34. The lowest BCUT2D eigenvalue weighted by Gasteiger charge is -2.21. The van der Waals surface area contributed by atoms with E-state index in [0.717, 1.165) is 11.3 Å². The van der Waals surface area contributed by atoms with Gasteiger partial charge in [0.05, 0.1) is 27.2 Å². The topological polar surface area (TPSA) is 72.2 Å². The molecule has 5 nitrogen and oxygen atoms in total. The van der Waals surface area contributed by atoms with Crippen molar-refractivity contribution in [3.63, 3.8) is 0 Å². The van der Waals surface area contributed by atoms with Gasteiger partial charge in [-0.15, -0.1) is 11.3 Å². The van der Waals surface area contributed by atoms with Gasteiger partial charge in [-0.25, -0.2) is 4.79 Å².